The van der Waals surface area contributed by atoms with Gasteiger partial charge in [-0.3, -0.25) is 10.1 Å². The van der Waals surface area contributed by atoms with E-state index >= 15 is 0 Å². The Kier molecular flexibility index (Phi) is 6.26. The molecule has 0 fully saturated rings. The lowest BCUT2D eigenvalue weighted by Gasteiger charge is -2.16. The topological polar surface area (TPSA) is 64.4 Å². The van der Waals surface area contributed by atoms with Crippen molar-refractivity contribution in [2.45, 2.75) is 13.2 Å². The third kappa shape index (κ3) is 4.90. The van der Waals surface area contributed by atoms with Crippen LogP contribution in [0, 0.1) is 10.1 Å². The number of hydrogen-bond donors (Lipinski definition) is 1. The summed E-state index contributed by atoms with van der Waals surface area (Å²) in [6.07, 6.45) is 0. The normalized spacial score (nSPS) is 10.8. The Morgan fingerprint density at radius 1 is 0.935 bits per heavy atom. The Bertz CT molecular complexity index is 1240. The zero-order valence-corrected chi connectivity index (χ0v) is 17.9. The first-order valence-electron chi connectivity index (χ1n) is 9.57. The molecular formula is C24H18Cl2N2O3. The van der Waals surface area contributed by atoms with E-state index in [0.29, 0.717) is 23.2 Å². The summed E-state index contributed by atoms with van der Waals surface area (Å²) in [4.78, 5) is 10.5. The second kappa shape index (κ2) is 9.25. The van der Waals surface area contributed by atoms with E-state index in [4.69, 9.17) is 27.9 Å². The fourth-order valence-corrected chi connectivity index (χ4v) is 3.78. The van der Waals surface area contributed by atoms with Crippen molar-refractivity contribution in [2.75, 3.05) is 5.32 Å². The SMILES string of the molecule is O=[N+]([O-])c1ccc(NCc2c(OCc3ccc(Cl)cc3Cl)ccc3ccccc23)cc1. The third-order valence-corrected chi connectivity index (χ3v) is 5.53. The molecule has 0 bridgehead atoms. The fourth-order valence-electron chi connectivity index (χ4n) is 3.32. The minimum atomic E-state index is -0.414. The molecule has 0 aromatic heterocycles. The van der Waals surface area contributed by atoms with Crippen LogP contribution in [0.25, 0.3) is 10.8 Å². The van der Waals surface area contributed by atoms with Gasteiger partial charge >= 0.3 is 0 Å². The number of halogens is 2. The predicted molar refractivity (Wildman–Crippen MR) is 125 cm³/mol. The monoisotopic (exact) mass is 452 g/mol. The summed E-state index contributed by atoms with van der Waals surface area (Å²) >= 11 is 12.3. The number of anilines is 1. The summed E-state index contributed by atoms with van der Waals surface area (Å²) in [7, 11) is 0. The highest BCUT2D eigenvalue weighted by atomic mass is 35.5. The van der Waals surface area contributed by atoms with Crippen molar-refractivity contribution >= 4 is 45.3 Å². The van der Waals surface area contributed by atoms with Crippen molar-refractivity contribution in [3.8, 4) is 5.75 Å². The Hall–Kier alpha value is -3.28. The largest absolute Gasteiger partial charge is 0.488 e. The molecule has 0 aliphatic heterocycles. The molecule has 0 atom stereocenters. The third-order valence-electron chi connectivity index (χ3n) is 4.94. The number of nitro benzene ring substituents is 1. The number of non-ortho nitro benzene ring substituents is 1. The van der Waals surface area contributed by atoms with E-state index in [9.17, 15) is 10.1 Å². The Morgan fingerprint density at radius 2 is 1.71 bits per heavy atom. The Labute approximate surface area is 189 Å². The van der Waals surface area contributed by atoms with Gasteiger partial charge in [-0.2, -0.15) is 0 Å². The lowest BCUT2D eigenvalue weighted by Crippen LogP contribution is -2.05. The lowest BCUT2D eigenvalue weighted by atomic mass is 10.0. The number of benzene rings is 4. The van der Waals surface area contributed by atoms with Gasteiger partial charge in [-0.1, -0.05) is 59.6 Å². The molecule has 0 aliphatic carbocycles. The van der Waals surface area contributed by atoms with Gasteiger partial charge in [-0.25, -0.2) is 0 Å². The number of nitrogens with zero attached hydrogens (tertiary/aromatic N) is 1. The number of nitro groups is 1. The van der Waals surface area contributed by atoms with Crippen molar-refractivity contribution in [3.05, 3.63) is 110 Å². The molecule has 4 aromatic rings. The minimum Gasteiger partial charge on any atom is -0.488 e. The second-order valence-corrected chi connectivity index (χ2v) is 7.79. The highest BCUT2D eigenvalue weighted by Crippen LogP contribution is 2.31. The molecule has 0 radical (unpaired) electrons. The van der Waals surface area contributed by atoms with Crippen LogP contribution in [0.2, 0.25) is 10.0 Å². The average Bonchev–Trinajstić information content (AvgIpc) is 2.77. The number of fused-ring (bicyclic) bond motifs is 1. The summed E-state index contributed by atoms with van der Waals surface area (Å²) in [5, 5.41) is 17.5. The van der Waals surface area contributed by atoms with Crippen LogP contribution in [0.1, 0.15) is 11.1 Å². The molecule has 4 aromatic carbocycles. The molecule has 0 heterocycles. The van der Waals surface area contributed by atoms with Gasteiger partial charge in [0.2, 0.25) is 0 Å². The molecule has 156 valence electrons. The first-order chi connectivity index (χ1) is 15.0. The highest BCUT2D eigenvalue weighted by molar-refractivity contribution is 6.35. The standard InChI is InChI=1S/C24H18Cl2N2O3/c25-18-7-5-17(23(26)13-18)15-31-24-12-6-16-3-1-2-4-21(16)22(24)14-27-19-8-10-20(11-9-19)28(29)30/h1-13,27H,14-15H2. The van der Waals surface area contributed by atoms with Crippen LogP contribution in [-0.2, 0) is 13.2 Å². The van der Waals surface area contributed by atoms with Gasteiger partial charge in [0.05, 0.1) is 4.92 Å². The van der Waals surface area contributed by atoms with Crippen molar-refractivity contribution in [1.29, 1.82) is 0 Å². The van der Waals surface area contributed by atoms with Crippen molar-refractivity contribution in [2.24, 2.45) is 0 Å². The molecule has 0 amide bonds. The van der Waals surface area contributed by atoms with Crippen LogP contribution in [0.5, 0.6) is 5.75 Å². The summed E-state index contributed by atoms with van der Waals surface area (Å²) in [5.74, 6) is 0.735. The van der Waals surface area contributed by atoms with E-state index < -0.39 is 4.92 Å². The number of hydrogen-bond acceptors (Lipinski definition) is 4. The van der Waals surface area contributed by atoms with Gasteiger partial charge in [0, 0.05) is 45.5 Å². The Balaban J connectivity index is 1.59. The maximum atomic E-state index is 10.9. The zero-order chi connectivity index (χ0) is 21.8. The summed E-state index contributed by atoms with van der Waals surface area (Å²) < 4.78 is 6.13. The average molecular weight is 453 g/mol. The first kappa shape index (κ1) is 21.0. The van der Waals surface area contributed by atoms with Crippen LogP contribution < -0.4 is 10.1 Å². The van der Waals surface area contributed by atoms with Crippen LogP contribution >= 0.6 is 23.2 Å². The van der Waals surface area contributed by atoms with E-state index in [1.165, 1.54) is 12.1 Å². The molecule has 1 N–H and O–H groups in total. The van der Waals surface area contributed by atoms with E-state index in [2.05, 4.69) is 5.32 Å². The predicted octanol–water partition coefficient (Wildman–Crippen LogP) is 7.25. The van der Waals surface area contributed by atoms with E-state index in [1.54, 1.807) is 24.3 Å². The molecule has 7 heteroatoms. The second-order valence-electron chi connectivity index (χ2n) is 6.95. The molecule has 0 spiro atoms. The zero-order valence-electron chi connectivity index (χ0n) is 16.3. The maximum Gasteiger partial charge on any atom is 0.269 e. The van der Waals surface area contributed by atoms with Gasteiger partial charge in [0.15, 0.2) is 0 Å². The van der Waals surface area contributed by atoms with Crippen LogP contribution in [0.3, 0.4) is 0 Å². The van der Waals surface area contributed by atoms with Gasteiger partial charge in [0.25, 0.3) is 5.69 Å². The summed E-state index contributed by atoms with van der Waals surface area (Å²) in [6, 6.07) is 23.7. The minimum absolute atomic E-state index is 0.0552. The first-order valence-corrected chi connectivity index (χ1v) is 10.3. The fraction of sp³-hybridized carbons (Fsp3) is 0.0833. The molecule has 0 saturated heterocycles. The maximum absolute atomic E-state index is 10.9. The van der Waals surface area contributed by atoms with E-state index in [0.717, 1.165) is 33.3 Å². The molecule has 31 heavy (non-hydrogen) atoms. The van der Waals surface area contributed by atoms with Crippen molar-refractivity contribution in [1.82, 2.24) is 0 Å². The number of ether oxygens (including phenoxy) is 1. The highest BCUT2D eigenvalue weighted by Gasteiger charge is 2.11. The van der Waals surface area contributed by atoms with Crippen LogP contribution in [0.4, 0.5) is 11.4 Å². The summed E-state index contributed by atoms with van der Waals surface area (Å²) in [6.45, 7) is 0.793. The molecule has 0 unspecified atom stereocenters. The molecule has 5 nitrogen and oxygen atoms in total. The molecular weight excluding hydrogens is 435 g/mol. The summed E-state index contributed by atoms with van der Waals surface area (Å²) in [5.41, 5.74) is 2.67. The van der Waals surface area contributed by atoms with Gasteiger partial charge in [-0.05, 0) is 41.1 Å². The quantitative estimate of drug-likeness (QED) is 0.237. The molecule has 0 aliphatic rings. The van der Waals surface area contributed by atoms with Gasteiger partial charge in [-0.15, -0.1) is 0 Å². The van der Waals surface area contributed by atoms with Crippen LogP contribution in [-0.4, -0.2) is 4.92 Å². The lowest BCUT2D eigenvalue weighted by molar-refractivity contribution is -0.384. The number of nitrogens with one attached hydrogen (secondary N) is 1. The van der Waals surface area contributed by atoms with E-state index in [1.807, 2.05) is 42.5 Å². The van der Waals surface area contributed by atoms with Crippen molar-refractivity contribution < 1.29 is 9.66 Å². The molecule has 4 rings (SSSR count). The van der Waals surface area contributed by atoms with Crippen LogP contribution in [0.15, 0.2) is 78.9 Å². The number of rotatable bonds is 7. The van der Waals surface area contributed by atoms with Gasteiger partial charge < -0.3 is 10.1 Å². The molecule has 0 saturated carbocycles. The van der Waals surface area contributed by atoms with Crippen molar-refractivity contribution in [3.63, 3.8) is 0 Å². The smallest absolute Gasteiger partial charge is 0.269 e. The van der Waals surface area contributed by atoms with Gasteiger partial charge in [0.1, 0.15) is 12.4 Å². The van der Waals surface area contributed by atoms with E-state index in [-0.39, 0.29) is 5.69 Å². The Morgan fingerprint density at radius 3 is 2.45 bits per heavy atom.